The third kappa shape index (κ3) is 67.7. The topological polar surface area (TPSA) is 9.72 Å². The molecule has 3 nitrogen and oxygen atoms in total. The first-order chi connectivity index (χ1) is 44.9. The highest BCUT2D eigenvalue weighted by Gasteiger charge is 2.29. The molecule has 0 radical (unpaired) electrons. The molecule has 0 aromatic carbocycles. The predicted molar refractivity (Wildman–Crippen MR) is 440 cm³/mol. The van der Waals surface area contributed by atoms with Crippen LogP contribution in [0.25, 0.3) is 0 Å². The highest BCUT2D eigenvalue weighted by Crippen LogP contribution is 2.36. The first-order valence-electron chi connectivity index (χ1n) is 41.7. The van der Waals surface area contributed by atoms with E-state index in [4.69, 9.17) is 36.7 Å². The molecule has 0 aromatic heterocycles. The van der Waals surface area contributed by atoms with E-state index in [-0.39, 0.29) is 4.55 Å². The van der Waals surface area contributed by atoms with E-state index in [1.54, 1.807) is 0 Å². The maximum atomic E-state index is 6.72. The van der Waals surface area contributed by atoms with E-state index >= 15 is 0 Å². The van der Waals surface area contributed by atoms with Crippen LogP contribution in [0.4, 0.5) is 0 Å². The summed E-state index contributed by atoms with van der Waals surface area (Å²) in [5.74, 6) is 0. The molecule has 91 heavy (non-hydrogen) atoms. The van der Waals surface area contributed by atoms with Gasteiger partial charge in [-0.3, -0.25) is 0 Å². The molecule has 0 atom stereocenters. The molecule has 0 aromatic rings. The number of nitrogens with zero attached hydrogens (tertiary/aromatic N) is 3. The summed E-state index contributed by atoms with van der Waals surface area (Å²) >= 11 is 26.0. The molecule has 10 heteroatoms. The van der Waals surface area contributed by atoms with Crippen molar-refractivity contribution in [2.45, 2.75) is 465 Å². The van der Waals surface area contributed by atoms with Crippen molar-refractivity contribution < 1.29 is 0 Å². The van der Waals surface area contributed by atoms with Crippen LogP contribution in [-0.4, -0.2) is 71.5 Å². The molecular weight excluding hydrogens is 1220 g/mol. The summed E-state index contributed by atoms with van der Waals surface area (Å²) in [7, 11) is 0. The van der Waals surface area contributed by atoms with Gasteiger partial charge in [-0.05, 0) is 38.5 Å². The highest BCUT2D eigenvalue weighted by molar-refractivity contribution is 8.86. The largest absolute Gasteiger partial charge is 0.362 e. The molecule has 540 valence electrons. The Morgan fingerprint density at radius 1 is 0.176 bits per heavy atom. The molecular formula is C81H162BN3S6. The van der Waals surface area contributed by atoms with Gasteiger partial charge in [-0.25, -0.2) is 0 Å². The van der Waals surface area contributed by atoms with Crippen molar-refractivity contribution in [2.75, 3.05) is 39.3 Å². The second kappa shape index (κ2) is 78.1. The second-order valence-electron chi connectivity index (χ2n) is 28.6. The SMILES string of the molecule is CCCCCCCCCCCCCN(CCCCCCCCCCCCC)C(=S)SB(SC(=S)N(CCCCCCCCCCCCC)CCCCCCCCCCCCC)SC(=S)N(CCCCCCCCCCCCC)CCCCCCCCCCCCC. The Balaban J connectivity index is 6.58. The summed E-state index contributed by atoms with van der Waals surface area (Å²) in [4.78, 5) is 7.97. The molecule has 0 spiro atoms. The van der Waals surface area contributed by atoms with E-state index in [1.807, 2.05) is 34.8 Å². The van der Waals surface area contributed by atoms with Gasteiger partial charge >= 0.3 is 4.55 Å². The number of unbranched alkanes of at least 4 members (excludes halogenated alkanes) is 60. The minimum absolute atomic E-state index is 0.110. The molecule has 0 amide bonds. The summed E-state index contributed by atoms with van der Waals surface area (Å²) in [6.45, 7) is 20.5. The fraction of sp³-hybridized carbons (Fsp3) is 0.963. The number of hydrogen-bond donors (Lipinski definition) is 0. The first kappa shape index (κ1) is 91.8. The summed E-state index contributed by atoms with van der Waals surface area (Å²) in [5.41, 5.74) is 0. The van der Waals surface area contributed by atoms with Gasteiger partial charge < -0.3 is 14.7 Å². The van der Waals surface area contributed by atoms with Crippen molar-refractivity contribution in [3.8, 4) is 0 Å². The molecule has 0 unspecified atom stereocenters. The summed E-state index contributed by atoms with van der Waals surface area (Å²) in [6.07, 6.45) is 91.0. The van der Waals surface area contributed by atoms with Crippen LogP contribution in [0.15, 0.2) is 0 Å². The van der Waals surface area contributed by atoms with Gasteiger partial charge in [0.15, 0.2) is 0 Å². The van der Waals surface area contributed by atoms with Gasteiger partial charge in [0, 0.05) is 39.3 Å². The highest BCUT2D eigenvalue weighted by atomic mass is 32.3. The van der Waals surface area contributed by atoms with Gasteiger partial charge in [0.1, 0.15) is 13.0 Å². The lowest BCUT2D eigenvalue weighted by Crippen LogP contribution is -2.35. The van der Waals surface area contributed by atoms with Crippen molar-refractivity contribution in [3.63, 3.8) is 0 Å². The third-order valence-electron chi connectivity index (χ3n) is 19.6. The van der Waals surface area contributed by atoms with Gasteiger partial charge in [0.2, 0.25) is 0 Å². The number of thiocarbonyl (C=S) groups is 3. The van der Waals surface area contributed by atoms with E-state index in [0.29, 0.717) is 0 Å². The Morgan fingerprint density at radius 3 is 0.385 bits per heavy atom. The van der Waals surface area contributed by atoms with Crippen LogP contribution < -0.4 is 0 Å². The van der Waals surface area contributed by atoms with Crippen LogP contribution >= 0.6 is 71.5 Å². The monoisotopic (exact) mass is 1380 g/mol. The van der Waals surface area contributed by atoms with Crippen molar-refractivity contribution in [1.82, 2.24) is 14.7 Å². The van der Waals surface area contributed by atoms with Crippen LogP contribution in [0.2, 0.25) is 0 Å². The molecule has 0 bridgehead atoms. The smallest absolute Gasteiger partial charge is 0.358 e. The Bertz CT molecular complexity index is 1210. The standard InChI is InChI=1S/C81H162BN3S6/c1-7-13-19-25-31-37-43-49-55-61-67-73-83(74-68-62-56-50-44-38-32-26-20-14-8-2)79(86)89-82(90-80(87)84(75-69-63-57-51-45-39-33-27-21-15-9-3)76-70-64-58-52-46-40-34-28-22-16-10-4)91-81(88)85(77-71-65-59-53-47-41-35-29-23-17-11-5)78-72-66-60-54-48-42-36-30-24-18-12-6/h7-78H2,1-6H3. The van der Waals surface area contributed by atoms with Crippen molar-refractivity contribution in [3.05, 3.63) is 0 Å². The minimum Gasteiger partial charge on any atom is -0.358 e. The summed E-state index contributed by atoms with van der Waals surface area (Å²) < 4.78 is 3.40. The molecule has 0 aliphatic carbocycles. The fourth-order valence-corrected chi connectivity index (χ4v) is 19.4. The lowest BCUT2D eigenvalue weighted by Gasteiger charge is -2.30. The van der Waals surface area contributed by atoms with Gasteiger partial charge in [-0.1, -0.05) is 463 Å². The normalized spacial score (nSPS) is 11.5. The molecule has 0 aliphatic rings. The summed E-state index contributed by atoms with van der Waals surface area (Å²) in [6, 6.07) is 0. The van der Waals surface area contributed by atoms with Crippen LogP contribution in [-0.2, 0) is 0 Å². The zero-order valence-corrected chi connectivity index (χ0v) is 67.7. The van der Waals surface area contributed by atoms with Crippen LogP contribution in [0.5, 0.6) is 0 Å². The molecule has 0 aliphatic heterocycles. The predicted octanol–water partition coefficient (Wildman–Crippen LogP) is 30.8. The van der Waals surface area contributed by atoms with Crippen molar-refractivity contribution in [2.24, 2.45) is 0 Å². The quantitative estimate of drug-likeness (QED) is 0.0332. The minimum atomic E-state index is 0.110. The average Bonchev–Trinajstić information content (AvgIpc) is 3.72. The number of hydrogen-bond acceptors (Lipinski definition) is 6. The maximum Gasteiger partial charge on any atom is 0.362 e. The van der Waals surface area contributed by atoms with Gasteiger partial charge in [0.25, 0.3) is 0 Å². The first-order valence-corrected chi connectivity index (χ1v) is 45.6. The van der Waals surface area contributed by atoms with Gasteiger partial charge in [-0.2, -0.15) is 0 Å². The van der Waals surface area contributed by atoms with Crippen LogP contribution in [0.3, 0.4) is 0 Å². The lowest BCUT2D eigenvalue weighted by atomic mass is 10.1. The molecule has 0 saturated carbocycles. The molecule has 0 rings (SSSR count). The average molecular weight is 1380 g/mol. The van der Waals surface area contributed by atoms with E-state index in [1.165, 1.54) is 424 Å². The van der Waals surface area contributed by atoms with Crippen LogP contribution in [0.1, 0.15) is 465 Å². The Labute approximate surface area is 603 Å². The van der Waals surface area contributed by atoms with Crippen molar-refractivity contribution >= 4 is 89.0 Å². The van der Waals surface area contributed by atoms with Crippen LogP contribution in [0, 0.1) is 0 Å². The maximum absolute atomic E-state index is 6.72. The zero-order valence-electron chi connectivity index (χ0n) is 62.8. The van der Waals surface area contributed by atoms with Crippen molar-refractivity contribution in [1.29, 1.82) is 0 Å². The van der Waals surface area contributed by atoms with E-state index < -0.39 is 0 Å². The molecule has 0 heterocycles. The molecule has 0 N–H and O–H groups in total. The van der Waals surface area contributed by atoms with E-state index in [9.17, 15) is 0 Å². The Kier molecular flexibility index (Phi) is 78.8. The number of rotatable bonds is 75. The van der Waals surface area contributed by atoms with Gasteiger partial charge in [0.05, 0.1) is 0 Å². The second-order valence-corrected chi connectivity index (χ2v) is 34.7. The zero-order chi connectivity index (χ0) is 66.1. The lowest BCUT2D eigenvalue weighted by molar-refractivity contribution is 0.394. The Morgan fingerprint density at radius 2 is 0.275 bits per heavy atom. The van der Waals surface area contributed by atoms with E-state index in [0.717, 1.165) is 52.2 Å². The third-order valence-corrected chi connectivity index (χ3v) is 24.9. The van der Waals surface area contributed by atoms with E-state index in [2.05, 4.69) is 56.2 Å². The fourth-order valence-electron chi connectivity index (χ4n) is 13.2. The summed E-state index contributed by atoms with van der Waals surface area (Å²) in [5, 5.41) is 0. The molecule has 0 saturated heterocycles. The Hall–Kier alpha value is 0.785. The van der Waals surface area contributed by atoms with Gasteiger partial charge in [-0.15, -0.1) is 34.8 Å². The molecule has 0 fully saturated rings.